The summed E-state index contributed by atoms with van der Waals surface area (Å²) in [5, 5.41) is 0. The fourth-order valence-corrected chi connectivity index (χ4v) is 0. The van der Waals surface area contributed by atoms with Crippen molar-refractivity contribution in [3.63, 3.8) is 0 Å². The SMILES string of the molecule is [Be+2].[Be+2].[Be+2].[Br-].[Br-].[Br-].[Br-].[Br-].[Br-].[Ca+2].[Ca+2].[Cl-].[Cl-].[Cl-].[Cl-].[Cl-].[Cl-].[I-].[I-].[I-].[I-].[Mg+2].[Mg+2].[Mg+2]. The van der Waals surface area contributed by atoms with E-state index in [-0.39, 0.29) is 447 Å². The van der Waals surface area contributed by atoms with E-state index in [0.29, 0.717) is 0 Å². The standard InChI is InChI=1S/3Be.6BrH.2Ca.6ClH.4HI.3Mg/h;;;6*1H;;;10*1H;;;/q3*+2;;;;;;;2*+2;;;;;;;;;;;3*+2/p-16. The summed E-state index contributed by atoms with van der Waals surface area (Å²) in [5.74, 6) is 0. The molecule has 0 spiro atoms. The smallest absolute Gasteiger partial charge is 1.00 e. The molecule has 0 aromatic heterocycles. The van der Waals surface area contributed by atoms with E-state index in [1.807, 2.05) is 0 Å². The quantitative estimate of drug-likeness (QED) is 0.168. The van der Waals surface area contributed by atoms with Crippen molar-refractivity contribution in [2.24, 2.45) is 0 Å². The number of halogens is 16. The molecule has 0 aromatic carbocycles. The molecular formula is Be3Br6Ca2Cl6I4Mg3. The van der Waals surface area contributed by atoms with Crippen LogP contribution >= 0.6 is 0 Å². The van der Waals surface area contributed by atoms with E-state index >= 15 is 0 Å². The molecule has 0 fully saturated rings. The predicted molar refractivity (Wildman–Crippen MR) is 46.0 cm³/mol. The maximum absolute atomic E-state index is 0. The molecule has 0 rings (SSSR count). The molecule has 24 heteroatoms. The normalized spacial score (nSPS) is 0. The van der Waals surface area contributed by atoms with Crippen LogP contribution in [0.5, 0.6) is 0 Å². The topological polar surface area (TPSA) is 0 Å². The third kappa shape index (κ3) is 242. The van der Waals surface area contributed by atoms with Crippen molar-refractivity contribution in [1.82, 2.24) is 0 Å². The molecule has 0 atom stereocenters. The Morgan fingerprint density at radius 3 is 0.250 bits per heavy atom. The van der Waals surface area contributed by atoms with Crippen LogP contribution in [0, 0.1) is 0 Å². The second-order valence-corrected chi connectivity index (χ2v) is 0. The molecule has 0 saturated carbocycles. The third-order valence-electron chi connectivity index (χ3n) is 0. The zero-order chi connectivity index (χ0) is 0. The van der Waals surface area contributed by atoms with Gasteiger partial charge in [0, 0.05) is 0 Å². The summed E-state index contributed by atoms with van der Waals surface area (Å²) in [6.45, 7) is 0. The average molecular weight is 1380 g/mol. The summed E-state index contributed by atoms with van der Waals surface area (Å²) >= 11 is 0. The van der Waals surface area contributed by atoms with Crippen LogP contribution in [-0.2, 0) is 0 Å². The minimum absolute atomic E-state index is 0. The molecule has 0 N–H and O–H groups in total. The Morgan fingerprint density at radius 1 is 0.250 bits per heavy atom. The molecule has 0 bridgehead atoms. The Balaban J connectivity index is 0. The number of hydrogen-bond donors (Lipinski definition) is 0. The van der Waals surface area contributed by atoms with Crippen LogP contribution < -0.4 is 272 Å². The van der Waals surface area contributed by atoms with Crippen molar-refractivity contribution in [2.75, 3.05) is 0 Å². The Labute approximate surface area is 435 Å². The third-order valence-corrected chi connectivity index (χ3v) is 0. The minimum Gasteiger partial charge on any atom is -1.00 e. The van der Waals surface area contributed by atoms with E-state index in [4.69, 9.17) is 0 Å². The molecule has 0 saturated heterocycles. The molecule has 0 aromatic rings. The van der Waals surface area contributed by atoms with E-state index in [1.54, 1.807) is 0 Å². The molecule has 0 radical (unpaired) electrons. The van der Waals surface area contributed by atoms with E-state index in [0.717, 1.165) is 0 Å². The van der Waals surface area contributed by atoms with Gasteiger partial charge in [-0.3, -0.25) is 0 Å². The van der Waals surface area contributed by atoms with Gasteiger partial charge in [0.15, 0.2) is 0 Å². The van der Waals surface area contributed by atoms with Crippen molar-refractivity contribution < 1.29 is 272 Å². The number of hydrogen-bond acceptors (Lipinski definition) is 0. The maximum Gasteiger partial charge on any atom is 2.00 e. The Kier molecular flexibility index (Phi) is 3140. The zero-order valence-electron chi connectivity index (χ0n) is 11.7. The van der Waals surface area contributed by atoms with Gasteiger partial charge in [0.25, 0.3) is 0 Å². The van der Waals surface area contributed by atoms with Crippen molar-refractivity contribution in [3.8, 4) is 0 Å². The molecule has 0 heterocycles. The summed E-state index contributed by atoms with van der Waals surface area (Å²) in [4.78, 5) is 0. The summed E-state index contributed by atoms with van der Waals surface area (Å²) in [6.07, 6.45) is 0. The largest absolute Gasteiger partial charge is 2.00 e. The van der Waals surface area contributed by atoms with Crippen molar-refractivity contribution in [1.29, 1.82) is 0 Å². The van der Waals surface area contributed by atoms with Crippen LogP contribution in [0.1, 0.15) is 0 Å². The molecule has 24 heavy (non-hydrogen) atoms. The van der Waals surface area contributed by atoms with Gasteiger partial charge in [0.1, 0.15) is 0 Å². The Bertz CT molecular complexity index is 59.5. The van der Waals surface area contributed by atoms with Gasteiger partial charge < -0.3 is 272 Å². The predicted octanol–water partition coefficient (Wildman–Crippen LogP) is -51.0. The van der Waals surface area contributed by atoms with Crippen LogP contribution in [0.3, 0.4) is 0 Å². The van der Waals surface area contributed by atoms with Crippen LogP contribution in [-0.4, -0.2) is 175 Å². The second kappa shape index (κ2) is 263. The van der Waals surface area contributed by atoms with Crippen molar-refractivity contribution >= 4 is 175 Å². The van der Waals surface area contributed by atoms with Gasteiger partial charge in [-0.05, 0) is 0 Å². The van der Waals surface area contributed by atoms with E-state index in [1.165, 1.54) is 0 Å². The molecule has 0 aliphatic rings. The van der Waals surface area contributed by atoms with Crippen LogP contribution in [0.15, 0.2) is 0 Å². The Morgan fingerprint density at radius 2 is 0.250 bits per heavy atom. The van der Waals surface area contributed by atoms with E-state index < -0.39 is 0 Å². The van der Waals surface area contributed by atoms with Gasteiger partial charge >= 0.3 is 175 Å². The minimum atomic E-state index is 0. The summed E-state index contributed by atoms with van der Waals surface area (Å²) in [7, 11) is 0. The van der Waals surface area contributed by atoms with Gasteiger partial charge in [-0.15, -0.1) is 0 Å². The van der Waals surface area contributed by atoms with Gasteiger partial charge in [-0.2, -0.15) is 0 Å². The summed E-state index contributed by atoms with van der Waals surface area (Å²) in [5.41, 5.74) is 0. The summed E-state index contributed by atoms with van der Waals surface area (Å²) in [6, 6.07) is 0. The fraction of sp³-hybridized carbons (Fsp3) is 0. The van der Waals surface area contributed by atoms with E-state index in [2.05, 4.69) is 0 Å². The van der Waals surface area contributed by atoms with Crippen LogP contribution in [0.4, 0.5) is 0 Å². The van der Waals surface area contributed by atoms with Crippen LogP contribution in [0.2, 0.25) is 0 Å². The van der Waals surface area contributed by atoms with Crippen LogP contribution in [0.25, 0.3) is 0 Å². The number of rotatable bonds is 0. The molecule has 0 aliphatic heterocycles. The first-order valence-electron chi connectivity index (χ1n) is 0. The van der Waals surface area contributed by atoms with E-state index in [9.17, 15) is 0 Å². The molecule has 128 valence electrons. The van der Waals surface area contributed by atoms with Gasteiger partial charge in [0.2, 0.25) is 0 Å². The first-order valence-corrected chi connectivity index (χ1v) is 0. The molecule has 0 nitrogen and oxygen atoms in total. The van der Waals surface area contributed by atoms with Gasteiger partial charge in [-0.1, -0.05) is 0 Å². The first-order chi connectivity index (χ1) is 0. The molecular weight excluding hydrogens is 1380 g/mol. The second-order valence-electron chi connectivity index (χ2n) is 0. The monoisotopic (exact) mass is 1370 g/mol. The van der Waals surface area contributed by atoms with Crippen molar-refractivity contribution in [3.05, 3.63) is 0 Å². The Hall–Kier alpha value is 12.9. The molecule has 0 amide bonds. The maximum atomic E-state index is 0. The zero-order valence-corrected chi connectivity index (χ0v) is 43.0. The average Bonchev–Trinajstić information content (AvgIpc) is 0. The molecule has 0 aliphatic carbocycles. The van der Waals surface area contributed by atoms with Crippen molar-refractivity contribution in [2.45, 2.75) is 0 Å². The molecule has 0 unspecified atom stereocenters. The van der Waals surface area contributed by atoms with Gasteiger partial charge in [-0.25, -0.2) is 0 Å². The fourth-order valence-electron chi connectivity index (χ4n) is 0. The summed E-state index contributed by atoms with van der Waals surface area (Å²) < 4.78 is 0. The first kappa shape index (κ1) is 287. The van der Waals surface area contributed by atoms with Gasteiger partial charge in [0.05, 0.1) is 0 Å².